The number of nitrogens with one attached hydrogen (secondary N) is 1. The van der Waals surface area contributed by atoms with Crippen LogP contribution in [0.25, 0.3) is 0 Å². The highest BCUT2D eigenvalue weighted by Crippen LogP contribution is 2.12. The summed E-state index contributed by atoms with van der Waals surface area (Å²) in [4.78, 5) is 10.9. The van der Waals surface area contributed by atoms with Crippen molar-refractivity contribution >= 4 is 11.8 Å². The fourth-order valence-corrected chi connectivity index (χ4v) is 1.71. The normalized spacial score (nSPS) is 10.5. The van der Waals surface area contributed by atoms with E-state index in [0.717, 1.165) is 38.5 Å². The molecule has 0 saturated heterocycles. The van der Waals surface area contributed by atoms with Gasteiger partial charge < -0.3 is 19.7 Å². The molecule has 0 spiro atoms. The third-order valence-electron chi connectivity index (χ3n) is 2.64. The SMILES string of the molecule is CCNc1nccc(N(CCCOC)CCOC)n1. The number of hydrogen-bond acceptors (Lipinski definition) is 6. The second-order valence-electron chi connectivity index (χ2n) is 4.09. The Labute approximate surface area is 115 Å². The predicted octanol–water partition coefficient (Wildman–Crippen LogP) is 1.40. The van der Waals surface area contributed by atoms with Gasteiger partial charge >= 0.3 is 0 Å². The van der Waals surface area contributed by atoms with Crippen LogP contribution < -0.4 is 10.2 Å². The zero-order chi connectivity index (χ0) is 13.9. The monoisotopic (exact) mass is 268 g/mol. The van der Waals surface area contributed by atoms with Crippen LogP contribution in [0.3, 0.4) is 0 Å². The number of ether oxygens (including phenoxy) is 2. The first-order valence-electron chi connectivity index (χ1n) is 6.61. The molecule has 0 saturated carbocycles. The molecule has 0 unspecified atom stereocenters. The predicted molar refractivity (Wildman–Crippen MR) is 76.8 cm³/mol. The largest absolute Gasteiger partial charge is 0.385 e. The highest BCUT2D eigenvalue weighted by molar-refractivity contribution is 5.42. The fraction of sp³-hybridized carbons (Fsp3) is 0.692. The van der Waals surface area contributed by atoms with Gasteiger partial charge in [0, 0.05) is 46.7 Å². The van der Waals surface area contributed by atoms with E-state index in [0.29, 0.717) is 12.6 Å². The molecule has 19 heavy (non-hydrogen) atoms. The molecular formula is C13H24N4O2. The van der Waals surface area contributed by atoms with Gasteiger partial charge in [-0.05, 0) is 19.4 Å². The zero-order valence-corrected chi connectivity index (χ0v) is 12.1. The summed E-state index contributed by atoms with van der Waals surface area (Å²) >= 11 is 0. The van der Waals surface area contributed by atoms with E-state index in [4.69, 9.17) is 9.47 Å². The molecule has 0 aliphatic carbocycles. The number of aromatic nitrogens is 2. The average Bonchev–Trinajstić information content (AvgIpc) is 2.43. The standard InChI is InChI=1S/C13H24N4O2/c1-4-14-13-15-7-6-12(16-13)17(9-11-19-3)8-5-10-18-2/h6-7H,4-5,8-11H2,1-3H3,(H,14,15,16). The highest BCUT2D eigenvalue weighted by atomic mass is 16.5. The fourth-order valence-electron chi connectivity index (χ4n) is 1.71. The second kappa shape index (κ2) is 9.52. The molecule has 1 N–H and O–H groups in total. The lowest BCUT2D eigenvalue weighted by atomic mass is 10.3. The smallest absolute Gasteiger partial charge is 0.224 e. The van der Waals surface area contributed by atoms with Crippen molar-refractivity contribution in [1.29, 1.82) is 0 Å². The summed E-state index contributed by atoms with van der Waals surface area (Å²) in [5.74, 6) is 1.58. The molecule has 1 aromatic rings. The van der Waals surface area contributed by atoms with Gasteiger partial charge in [-0.15, -0.1) is 0 Å². The molecular weight excluding hydrogens is 244 g/mol. The molecule has 1 rings (SSSR count). The van der Waals surface area contributed by atoms with Crippen LogP contribution in [-0.4, -0.2) is 57.0 Å². The van der Waals surface area contributed by atoms with E-state index >= 15 is 0 Å². The Morgan fingerprint density at radius 3 is 2.68 bits per heavy atom. The summed E-state index contributed by atoms with van der Waals surface area (Å²) < 4.78 is 10.2. The van der Waals surface area contributed by atoms with E-state index < -0.39 is 0 Å². The quantitative estimate of drug-likeness (QED) is 0.647. The Hall–Kier alpha value is -1.40. The van der Waals surface area contributed by atoms with Crippen molar-refractivity contribution < 1.29 is 9.47 Å². The Bertz CT molecular complexity index is 349. The Kier molecular flexibility index (Phi) is 7.84. The van der Waals surface area contributed by atoms with Crippen LogP contribution >= 0.6 is 0 Å². The van der Waals surface area contributed by atoms with E-state index in [1.54, 1.807) is 20.4 Å². The van der Waals surface area contributed by atoms with Crippen LogP contribution in [0.5, 0.6) is 0 Å². The molecule has 6 heteroatoms. The van der Waals surface area contributed by atoms with E-state index in [2.05, 4.69) is 20.2 Å². The number of nitrogens with zero attached hydrogens (tertiary/aromatic N) is 3. The minimum Gasteiger partial charge on any atom is -0.385 e. The molecule has 108 valence electrons. The number of anilines is 2. The molecule has 0 fully saturated rings. The van der Waals surface area contributed by atoms with Gasteiger partial charge in [0.25, 0.3) is 0 Å². The van der Waals surface area contributed by atoms with Gasteiger partial charge in [-0.3, -0.25) is 0 Å². The average molecular weight is 268 g/mol. The maximum absolute atomic E-state index is 5.15. The van der Waals surface area contributed by atoms with E-state index in [-0.39, 0.29) is 0 Å². The third-order valence-corrected chi connectivity index (χ3v) is 2.64. The van der Waals surface area contributed by atoms with Crippen molar-refractivity contribution in [3.8, 4) is 0 Å². The van der Waals surface area contributed by atoms with E-state index in [1.807, 2.05) is 13.0 Å². The number of methoxy groups -OCH3 is 2. The van der Waals surface area contributed by atoms with Gasteiger partial charge in [0.15, 0.2) is 0 Å². The zero-order valence-electron chi connectivity index (χ0n) is 12.1. The van der Waals surface area contributed by atoms with Gasteiger partial charge in [0.05, 0.1) is 6.61 Å². The molecule has 0 radical (unpaired) electrons. The lowest BCUT2D eigenvalue weighted by Crippen LogP contribution is -2.30. The molecule has 6 nitrogen and oxygen atoms in total. The molecule has 0 aromatic carbocycles. The minimum atomic E-state index is 0.661. The van der Waals surface area contributed by atoms with Gasteiger partial charge in [-0.1, -0.05) is 0 Å². The van der Waals surface area contributed by atoms with Crippen LogP contribution in [0.4, 0.5) is 11.8 Å². The van der Waals surface area contributed by atoms with Crippen molar-refractivity contribution in [1.82, 2.24) is 9.97 Å². The van der Waals surface area contributed by atoms with Crippen molar-refractivity contribution in [3.63, 3.8) is 0 Å². The third kappa shape index (κ3) is 5.85. The maximum atomic E-state index is 5.15. The molecule has 0 aliphatic heterocycles. The number of hydrogen-bond donors (Lipinski definition) is 1. The topological polar surface area (TPSA) is 59.5 Å². The van der Waals surface area contributed by atoms with Crippen molar-refractivity contribution in [2.45, 2.75) is 13.3 Å². The van der Waals surface area contributed by atoms with Crippen molar-refractivity contribution in [2.75, 3.05) is 57.3 Å². The van der Waals surface area contributed by atoms with Crippen LogP contribution in [-0.2, 0) is 9.47 Å². The number of rotatable bonds is 10. The Balaban J connectivity index is 2.68. The first-order valence-corrected chi connectivity index (χ1v) is 6.61. The summed E-state index contributed by atoms with van der Waals surface area (Å²) in [7, 11) is 3.42. The second-order valence-corrected chi connectivity index (χ2v) is 4.09. The summed E-state index contributed by atoms with van der Waals surface area (Å²) in [6.45, 7) is 5.95. The maximum Gasteiger partial charge on any atom is 0.224 e. The molecule has 1 heterocycles. The van der Waals surface area contributed by atoms with Gasteiger partial charge in [-0.25, -0.2) is 4.98 Å². The minimum absolute atomic E-state index is 0.661. The van der Waals surface area contributed by atoms with Gasteiger partial charge in [0.2, 0.25) is 5.95 Å². The van der Waals surface area contributed by atoms with Crippen molar-refractivity contribution in [3.05, 3.63) is 12.3 Å². The summed E-state index contributed by atoms with van der Waals surface area (Å²) in [5.41, 5.74) is 0. The van der Waals surface area contributed by atoms with Crippen LogP contribution in [0.2, 0.25) is 0 Å². The lowest BCUT2D eigenvalue weighted by molar-refractivity contribution is 0.191. The summed E-state index contributed by atoms with van der Waals surface area (Å²) in [6.07, 6.45) is 2.73. The Morgan fingerprint density at radius 1 is 1.21 bits per heavy atom. The molecule has 1 aromatic heterocycles. The highest BCUT2D eigenvalue weighted by Gasteiger charge is 2.08. The first-order chi connectivity index (χ1) is 9.31. The molecule has 0 atom stereocenters. The lowest BCUT2D eigenvalue weighted by Gasteiger charge is -2.23. The van der Waals surface area contributed by atoms with Crippen LogP contribution in [0.1, 0.15) is 13.3 Å². The van der Waals surface area contributed by atoms with Crippen LogP contribution in [0, 0.1) is 0 Å². The van der Waals surface area contributed by atoms with Gasteiger partial charge in [-0.2, -0.15) is 4.98 Å². The van der Waals surface area contributed by atoms with Crippen molar-refractivity contribution in [2.24, 2.45) is 0 Å². The molecule has 0 aliphatic rings. The molecule has 0 bridgehead atoms. The van der Waals surface area contributed by atoms with Crippen LogP contribution in [0.15, 0.2) is 12.3 Å². The Morgan fingerprint density at radius 2 is 2.00 bits per heavy atom. The first kappa shape index (κ1) is 15.7. The summed E-state index contributed by atoms with van der Waals surface area (Å²) in [5, 5.41) is 3.12. The molecule has 0 amide bonds. The van der Waals surface area contributed by atoms with E-state index in [9.17, 15) is 0 Å². The van der Waals surface area contributed by atoms with E-state index in [1.165, 1.54) is 0 Å². The summed E-state index contributed by atoms with van der Waals surface area (Å²) in [6, 6.07) is 1.92. The van der Waals surface area contributed by atoms with Gasteiger partial charge in [0.1, 0.15) is 5.82 Å².